The number of carbonyl (C=O) groups excluding carboxylic acids is 1. The van der Waals surface area contributed by atoms with Gasteiger partial charge in [0.2, 0.25) is 6.29 Å². The first-order valence-corrected chi connectivity index (χ1v) is 7.72. The predicted molar refractivity (Wildman–Crippen MR) is 86.8 cm³/mol. The zero-order chi connectivity index (χ0) is 17.9. The molecule has 9 heteroatoms. The SMILES string of the molecule is Cc1cc(-c2nnc(Cl)cc2OC(C)OC(=O)OC(C)C)n(C)n1. The average molecular weight is 355 g/mol. The smallest absolute Gasteiger partial charge is 0.452 e. The van der Waals surface area contributed by atoms with Crippen molar-refractivity contribution in [2.24, 2.45) is 7.05 Å². The van der Waals surface area contributed by atoms with Gasteiger partial charge >= 0.3 is 6.16 Å². The molecule has 24 heavy (non-hydrogen) atoms. The molecule has 0 spiro atoms. The molecule has 2 aromatic heterocycles. The lowest BCUT2D eigenvalue weighted by atomic mass is 10.2. The number of nitrogens with zero attached hydrogens (tertiary/aromatic N) is 4. The van der Waals surface area contributed by atoms with E-state index in [-0.39, 0.29) is 11.3 Å². The molecule has 0 aromatic carbocycles. The molecule has 2 aromatic rings. The van der Waals surface area contributed by atoms with Gasteiger partial charge in [-0.1, -0.05) is 11.6 Å². The molecule has 1 atom stereocenters. The molecule has 0 N–H and O–H groups in total. The average Bonchev–Trinajstić information content (AvgIpc) is 2.76. The highest BCUT2D eigenvalue weighted by molar-refractivity contribution is 6.29. The number of rotatable bonds is 5. The molecule has 0 aliphatic rings. The molecule has 1 unspecified atom stereocenters. The van der Waals surface area contributed by atoms with Crippen molar-refractivity contribution in [2.75, 3.05) is 0 Å². The van der Waals surface area contributed by atoms with E-state index in [1.165, 1.54) is 6.07 Å². The summed E-state index contributed by atoms with van der Waals surface area (Å²) >= 11 is 5.90. The minimum Gasteiger partial charge on any atom is -0.452 e. The molecule has 0 amide bonds. The molecule has 0 radical (unpaired) electrons. The van der Waals surface area contributed by atoms with Gasteiger partial charge in [0.25, 0.3) is 0 Å². The summed E-state index contributed by atoms with van der Waals surface area (Å²) in [5.41, 5.74) is 1.96. The molecule has 0 fully saturated rings. The monoisotopic (exact) mass is 354 g/mol. The molecule has 0 saturated heterocycles. The second-order valence-electron chi connectivity index (χ2n) is 5.39. The zero-order valence-electron chi connectivity index (χ0n) is 14.1. The third-order valence-corrected chi connectivity index (χ3v) is 3.05. The molecule has 0 saturated carbocycles. The van der Waals surface area contributed by atoms with E-state index in [9.17, 15) is 4.79 Å². The van der Waals surface area contributed by atoms with Crippen molar-refractivity contribution in [1.29, 1.82) is 0 Å². The molecule has 0 bridgehead atoms. The van der Waals surface area contributed by atoms with Gasteiger partial charge < -0.3 is 14.2 Å². The van der Waals surface area contributed by atoms with Gasteiger partial charge in [-0.15, -0.1) is 10.2 Å². The van der Waals surface area contributed by atoms with E-state index in [2.05, 4.69) is 15.3 Å². The van der Waals surface area contributed by atoms with E-state index in [0.29, 0.717) is 17.1 Å². The van der Waals surface area contributed by atoms with E-state index >= 15 is 0 Å². The standard InChI is InChI=1S/C15H19ClN4O4/c1-8(2)22-15(21)24-10(4)23-12-7-13(16)17-18-14(12)11-6-9(3)19-20(11)5/h6-8,10H,1-5H3. The number of hydrogen-bond acceptors (Lipinski definition) is 7. The van der Waals surface area contributed by atoms with Gasteiger partial charge in [-0.2, -0.15) is 5.10 Å². The fourth-order valence-corrected chi connectivity index (χ4v) is 2.15. The summed E-state index contributed by atoms with van der Waals surface area (Å²) in [5, 5.41) is 12.3. The lowest BCUT2D eigenvalue weighted by molar-refractivity contribution is -0.0605. The van der Waals surface area contributed by atoms with Crippen LogP contribution in [0.5, 0.6) is 5.75 Å². The summed E-state index contributed by atoms with van der Waals surface area (Å²) < 4.78 is 17.2. The Morgan fingerprint density at radius 3 is 2.50 bits per heavy atom. The maximum atomic E-state index is 11.5. The van der Waals surface area contributed by atoms with Gasteiger partial charge in [-0.05, 0) is 26.8 Å². The topological polar surface area (TPSA) is 88.4 Å². The predicted octanol–water partition coefficient (Wildman–Crippen LogP) is 3.13. The van der Waals surface area contributed by atoms with Crippen LogP contribution in [-0.4, -0.2) is 38.5 Å². The van der Waals surface area contributed by atoms with Crippen molar-refractivity contribution in [1.82, 2.24) is 20.0 Å². The van der Waals surface area contributed by atoms with E-state index in [1.807, 2.05) is 13.0 Å². The van der Waals surface area contributed by atoms with Crippen LogP contribution in [0.1, 0.15) is 26.5 Å². The van der Waals surface area contributed by atoms with E-state index < -0.39 is 12.4 Å². The maximum Gasteiger partial charge on any atom is 0.511 e. The second kappa shape index (κ2) is 7.48. The third kappa shape index (κ3) is 4.58. The van der Waals surface area contributed by atoms with Crippen LogP contribution in [0.2, 0.25) is 5.15 Å². The minimum absolute atomic E-state index is 0.157. The summed E-state index contributed by atoms with van der Waals surface area (Å²) in [5.74, 6) is 0.322. The molecule has 130 valence electrons. The number of aromatic nitrogens is 4. The Morgan fingerprint density at radius 1 is 1.21 bits per heavy atom. The number of aryl methyl sites for hydroxylation is 2. The summed E-state index contributed by atoms with van der Waals surface area (Å²) in [4.78, 5) is 11.5. The van der Waals surface area contributed by atoms with Crippen LogP contribution < -0.4 is 4.74 Å². The van der Waals surface area contributed by atoms with Crippen molar-refractivity contribution in [3.05, 3.63) is 23.0 Å². The normalized spacial score (nSPS) is 12.1. The Labute approximate surface area is 144 Å². The Morgan fingerprint density at radius 2 is 1.92 bits per heavy atom. The van der Waals surface area contributed by atoms with Gasteiger partial charge in [0.05, 0.1) is 17.5 Å². The van der Waals surface area contributed by atoms with Gasteiger partial charge in [-0.25, -0.2) is 4.79 Å². The molecule has 2 rings (SSSR count). The summed E-state index contributed by atoms with van der Waals surface area (Å²) in [7, 11) is 1.78. The van der Waals surface area contributed by atoms with E-state index in [0.717, 1.165) is 5.69 Å². The molecular formula is C15H19ClN4O4. The highest BCUT2D eigenvalue weighted by atomic mass is 35.5. The quantitative estimate of drug-likeness (QED) is 0.602. The Hall–Kier alpha value is -2.35. The van der Waals surface area contributed by atoms with Crippen LogP contribution in [-0.2, 0) is 16.5 Å². The van der Waals surface area contributed by atoms with E-state index in [1.54, 1.807) is 32.5 Å². The number of halogens is 1. The Balaban J connectivity index is 2.22. The number of hydrogen-bond donors (Lipinski definition) is 0. The van der Waals surface area contributed by atoms with Crippen LogP contribution in [0.4, 0.5) is 4.79 Å². The molecular weight excluding hydrogens is 336 g/mol. The lowest BCUT2D eigenvalue weighted by Crippen LogP contribution is -2.23. The largest absolute Gasteiger partial charge is 0.511 e. The van der Waals surface area contributed by atoms with Crippen LogP contribution in [0.25, 0.3) is 11.4 Å². The second-order valence-corrected chi connectivity index (χ2v) is 5.78. The summed E-state index contributed by atoms with van der Waals surface area (Å²) in [6.07, 6.45) is -2.00. The molecule has 8 nitrogen and oxygen atoms in total. The zero-order valence-corrected chi connectivity index (χ0v) is 14.9. The van der Waals surface area contributed by atoms with Gasteiger partial charge in [0.1, 0.15) is 0 Å². The molecule has 0 aliphatic carbocycles. The maximum absolute atomic E-state index is 11.5. The summed E-state index contributed by atoms with van der Waals surface area (Å²) in [6.45, 7) is 6.87. The first-order chi connectivity index (χ1) is 11.3. The third-order valence-electron chi connectivity index (χ3n) is 2.86. The van der Waals surface area contributed by atoms with Crippen molar-refractivity contribution < 1.29 is 19.0 Å². The van der Waals surface area contributed by atoms with Gasteiger partial charge in [-0.3, -0.25) is 4.68 Å². The van der Waals surface area contributed by atoms with Crippen LogP contribution in [0, 0.1) is 6.92 Å². The highest BCUT2D eigenvalue weighted by Crippen LogP contribution is 2.30. The highest BCUT2D eigenvalue weighted by Gasteiger charge is 2.19. The molecule has 0 aliphatic heterocycles. The Bertz CT molecular complexity index is 732. The number of ether oxygens (including phenoxy) is 3. The summed E-state index contributed by atoms with van der Waals surface area (Å²) in [6, 6.07) is 3.34. The van der Waals surface area contributed by atoms with Gasteiger partial charge in [0, 0.05) is 20.0 Å². The van der Waals surface area contributed by atoms with E-state index in [4.69, 9.17) is 25.8 Å². The Kier molecular flexibility index (Phi) is 5.61. The lowest BCUT2D eigenvalue weighted by Gasteiger charge is -2.17. The van der Waals surface area contributed by atoms with Gasteiger partial charge in [0.15, 0.2) is 16.6 Å². The molecule has 2 heterocycles. The first-order valence-electron chi connectivity index (χ1n) is 7.34. The van der Waals surface area contributed by atoms with Crippen molar-refractivity contribution in [3.63, 3.8) is 0 Å². The first kappa shape index (κ1) is 18.0. The van der Waals surface area contributed by atoms with Crippen LogP contribution in [0.3, 0.4) is 0 Å². The van der Waals surface area contributed by atoms with Crippen molar-refractivity contribution in [3.8, 4) is 17.1 Å². The fourth-order valence-electron chi connectivity index (χ4n) is 2.01. The van der Waals surface area contributed by atoms with Crippen molar-refractivity contribution in [2.45, 2.75) is 40.1 Å². The number of carbonyl (C=O) groups is 1. The fraction of sp³-hybridized carbons (Fsp3) is 0.467. The minimum atomic E-state index is -0.899. The van der Waals surface area contributed by atoms with Crippen LogP contribution in [0.15, 0.2) is 12.1 Å². The van der Waals surface area contributed by atoms with Crippen molar-refractivity contribution >= 4 is 17.8 Å². The van der Waals surface area contributed by atoms with Crippen LogP contribution >= 0.6 is 11.6 Å².